The molecule has 21 heavy (non-hydrogen) atoms. The molecule has 0 spiro atoms. The summed E-state index contributed by atoms with van der Waals surface area (Å²) in [5, 5.41) is 4.82. The zero-order chi connectivity index (χ0) is 14.8. The molecule has 2 amide bonds. The van der Waals surface area contributed by atoms with Gasteiger partial charge in [0.25, 0.3) is 5.91 Å². The van der Waals surface area contributed by atoms with Gasteiger partial charge in [-0.05, 0) is 35.6 Å². The van der Waals surface area contributed by atoms with E-state index >= 15 is 0 Å². The maximum absolute atomic E-state index is 12.4. The van der Waals surface area contributed by atoms with Crippen molar-refractivity contribution < 1.29 is 9.59 Å². The average molecular weight is 300 g/mol. The summed E-state index contributed by atoms with van der Waals surface area (Å²) in [6.07, 6.45) is 1.26. The summed E-state index contributed by atoms with van der Waals surface area (Å²) in [6.45, 7) is 0.683. The summed E-state index contributed by atoms with van der Waals surface area (Å²) in [5.41, 5.74) is 2.33. The number of benzene rings is 1. The first kappa shape index (κ1) is 13.8. The van der Waals surface area contributed by atoms with Gasteiger partial charge in [-0.2, -0.15) is 0 Å². The Balaban J connectivity index is 1.67. The number of anilines is 1. The van der Waals surface area contributed by atoms with E-state index in [1.165, 1.54) is 4.88 Å². The highest BCUT2D eigenvalue weighted by molar-refractivity contribution is 7.09. The summed E-state index contributed by atoms with van der Waals surface area (Å²) in [4.78, 5) is 26.7. The molecule has 1 aromatic heterocycles. The van der Waals surface area contributed by atoms with Gasteiger partial charge in [-0.1, -0.05) is 12.1 Å². The molecule has 2 heterocycles. The first-order valence-corrected chi connectivity index (χ1v) is 7.72. The maximum atomic E-state index is 12.4. The molecule has 1 N–H and O–H groups in total. The van der Waals surface area contributed by atoms with Gasteiger partial charge in [-0.3, -0.25) is 9.59 Å². The highest BCUT2D eigenvalue weighted by Gasteiger charge is 2.20. The first-order valence-electron chi connectivity index (χ1n) is 6.84. The summed E-state index contributed by atoms with van der Waals surface area (Å²) >= 11 is 1.70. The Bertz CT molecular complexity index is 680. The van der Waals surface area contributed by atoms with Crippen LogP contribution in [0.25, 0.3) is 0 Å². The van der Waals surface area contributed by atoms with E-state index in [-0.39, 0.29) is 11.8 Å². The number of carbonyl (C=O) groups is 2. The second kappa shape index (κ2) is 5.69. The Morgan fingerprint density at radius 2 is 2.24 bits per heavy atom. The fourth-order valence-electron chi connectivity index (χ4n) is 2.40. The molecule has 0 aliphatic carbocycles. The molecule has 1 aromatic carbocycles. The summed E-state index contributed by atoms with van der Waals surface area (Å²) in [5.74, 6) is -0.0313. The van der Waals surface area contributed by atoms with Crippen molar-refractivity contribution in [2.24, 2.45) is 0 Å². The second-order valence-corrected chi connectivity index (χ2v) is 6.19. The molecular formula is C16H16N2O2S. The van der Waals surface area contributed by atoms with E-state index in [1.54, 1.807) is 28.4 Å². The van der Waals surface area contributed by atoms with Crippen LogP contribution in [-0.4, -0.2) is 30.3 Å². The van der Waals surface area contributed by atoms with Crippen molar-refractivity contribution in [1.82, 2.24) is 4.90 Å². The van der Waals surface area contributed by atoms with E-state index in [0.717, 1.165) is 17.7 Å². The average Bonchev–Trinajstić information content (AvgIpc) is 3.10. The number of fused-ring (bicyclic) bond motifs is 1. The second-order valence-electron chi connectivity index (χ2n) is 5.15. The summed E-state index contributed by atoms with van der Waals surface area (Å²) < 4.78 is 0. The molecule has 0 fully saturated rings. The first-order chi connectivity index (χ1) is 10.1. The number of rotatable bonds is 4. The number of carbonyl (C=O) groups excluding carboxylic acids is 2. The van der Waals surface area contributed by atoms with Crippen LogP contribution < -0.4 is 5.32 Å². The van der Waals surface area contributed by atoms with Crippen LogP contribution in [-0.2, 0) is 17.6 Å². The van der Waals surface area contributed by atoms with Gasteiger partial charge in [-0.15, -0.1) is 11.3 Å². The van der Waals surface area contributed by atoms with Crippen LogP contribution in [0.4, 0.5) is 5.69 Å². The van der Waals surface area contributed by atoms with Gasteiger partial charge in [0.05, 0.1) is 6.42 Å². The van der Waals surface area contributed by atoms with Crippen molar-refractivity contribution in [3.8, 4) is 0 Å². The molecule has 0 saturated carbocycles. The molecule has 5 heteroatoms. The van der Waals surface area contributed by atoms with Crippen LogP contribution in [0.15, 0.2) is 35.7 Å². The third-order valence-corrected chi connectivity index (χ3v) is 4.54. The Hall–Kier alpha value is -2.14. The molecule has 2 aromatic rings. The van der Waals surface area contributed by atoms with Crippen LogP contribution in [0.2, 0.25) is 0 Å². The minimum absolute atomic E-state index is 0.0133. The molecule has 1 aliphatic rings. The van der Waals surface area contributed by atoms with Gasteiger partial charge < -0.3 is 10.2 Å². The van der Waals surface area contributed by atoms with Gasteiger partial charge in [-0.25, -0.2) is 0 Å². The molecule has 4 nitrogen and oxygen atoms in total. The van der Waals surface area contributed by atoms with Crippen molar-refractivity contribution in [1.29, 1.82) is 0 Å². The predicted molar refractivity (Wildman–Crippen MR) is 83.8 cm³/mol. The quantitative estimate of drug-likeness (QED) is 0.943. The van der Waals surface area contributed by atoms with Crippen LogP contribution in [0.5, 0.6) is 0 Å². The standard InChI is InChI=1S/C16H16N2O2S/c1-18(7-6-13-3-2-8-21-13)16(20)12-5-4-11-10-15(19)17-14(11)9-12/h2-5,8-9H,6-7,10H2,1H3,(H,17,19). The van der Waals surface area contributed by atoms with Gasteiger partial charge in [0, 0.05) is 29.7 Å². The largest absolute Gasteiger partial charge is 0.341 e. The topological polar surface area (TPSA) is 49.4 Å². The molecule has 1 aliphatic heterocycles. The number of nitrogens with one attached hydrogen (secondary N) is 1. The SMILES string of the molecule is CN(CCc1cccs1)C(=O)c1ccc2c(c1)NC(=O)C2. The number of likely N-dealkylation sites (N-methyl/N-ethyl adjacent to an activating group) is 1. The Morgan fingerprint density at radius 3 is 3.00 bits per heavy atom. The summed E-state index contributed by atoms with van der Waals surface area (Å²) in [7, 11) is 1.81. The van der Waals surface area contributed by atoms with Crippen LogP contribution >= 0.6 is 11.3 Å². The third kappa shape index (κ3) is 2.97. The van der Waals surface area contributed by atoms with Crippen LogP contribution in [0, 0.1) is 0 Å². The molecule has 0 radical (unpaired) electrons. The third-order valence-electron chi connectivity index (χ3n) is 3.60. The number of amides is 2. The minimum atomic E-state index is -0.0181. The Morgan fingerprint density at radius 1 is 1.38 bits per heavy atom. The fraction of sp³-hybridized carbons (Fsp3) is 0.250. The van der Waals surface area contributed by atoms with Crippen LogP contribution in [0.3, 0.4) is 0 Å². The number of thiophene rings is 1. The minimum Gasteiger partial charge on any atom is -0.341 e. The zero-order valence-corrected chi connectivity index (χ0v) is 12.6. The molecule has 108 valence electrons. The Kier molecular flexibility index (Phi) is 3.75. The molecule has 3 rings (SSSR count). The van der Waals surface area contributed by atoms with E-state index in [0.29, 0.717) is 18.5 Å². The normalized spacial score (nSPS) is 12.9. The van der Waals surface area contributed by atoms with Gasteiger partial charge >= 0.3 is 0 Å². The van der Waals surface area contributed by atoms with Crippen molar-refractivity contribution in [3.63, 3.8) is 0 Å². The van der Waals surface area contributed by atoms with Crippen molar-refractivity contribution in [2.45, 2.75) is 12.8 Å². The number of hydrogen-bond acceptors (Lipinski definition) is 3. The molecule has 0 saturated heterocycles. The highest BCUT2D eigenvalue weighted by atomic mass is 32.1. The number of hydrogen-bond donors (Lipinski definition) is 1. The van der Waals surface area contributed by atoms with E-state index in [2.05, 4.69) is 11.4 Å². The van der Waals surface area contributed by atoms with Crippen molar-refractivity contribution in [3.05, 3.63) is 51.7 Å². The zero-order valence-electron chi connectivity index (χ0n) is 11.8. The van der Waals surface area contributed by atoms with E-state index in [9.17, 15) is 9.59 Å². The molecular weight excluding hydrogens is 284 g/mol. The Labute approximate surface area is 127 Å². The fourth-order valence-corrected chi connectivity index (χ4v) is 3.10. The van der Waals surface area contributed by atoms with Crippen molar-refractivity contribution >= 4 is 28.8 Å². The van der Waals surface area contributed by atoms with E-state index in [1.807, 2.05) is 24.6 Å². The lowest BCUT2D eigenvalue weighted by atomic mass is 10.1. The number of nitrogens with zero attached hydrogens (tertiary/aromatic N) is 1. The van der Waals surface area contributed by atoms with Crippen LogP contribution in [0.1, 0.15) is 20.8 Å². The van der Waals surface area contributed by atoms with Gasteiger partial charge in [0.1, 0.15) is 0 Å². The smallest absolute Gasteiger partial charge is 0.253 e. The van der Waals surface area contributed by atoms with Gasteiger partial charge in [0.2, 0.25) is 5.91 Å². The highest BCUT2D eigenvalue weighted by Crippen LogP contribution is 2.24. The van der Waals surface area contributed by atoms with E-state index < -0.39 is 0 Å². The lowest BCUT2D eigenvalue weighted by molar-refractivity contribution is -0.115. The van der Waals surface area contributed by atoms with Gasteiger partial charge in [0.15, 0.2) is 0 Å². The molecule has 0 atom stereocenters. The lowest BCUT2D eigenvalue weighted by Gasteiger charge is -2.17. The predicted octanol–water partition coefficient (Wildman–Crippen LogP) is 2.56. The molecule has 0 unspecified atom stereocenters. The summed E-state index contributed by atoms with van der Waals surface area (Å²) in [6, 6.07) is 9.51. The monoisotopic (exact) mass is 300 g/mol. The molecule has 0 bridgehead atoms. The van der Waals surface area contributed by atoms with Crippen molar-refractivity contribution in [2.75, 3.05) is 18.9 Å². The lowest BCUT2D eigenvalue weighted by Crippen LogP contribution is -2.28. The maximum Gasteiger partial charge on any atom is 0.253 e. The van der Waals surface area contributed by atoms with E-state index in [4.69, 9.17) is 0 Å².